The molecule has 0 saturated carbocycles. The number of rotatable bonds is 18. The van der Waals surface area contributed by atoms with Crippen molar-refractivity contribution in [3.63, 3.8) is 0 Å². The summed E-state index contributed by atoms with van der Waals surface area (Å²) in [7, 11) is 0. The number of halogens is 6. The summed E-state index contributed by atoms with van der Waals surface area (Å²) in [5.74, 6) is -3.29. The summed E-state index contributed by atoms with van der Waals surface area (Å²) in [6.07, 6.45) is 1.36. The Bertz CT molecular complexity index is 2470. The van der Waals surface area contributed by atoms with Crippen LogP contribution in [0.1, 0.15) is 45.7 Å². The number of hydrogen-bond donors (Lipinski definition) is 4. The number of hydrogen-bond acceptors (Lipinski definition) is 10. The first kappa shape index (κ1) is 49.3. The molecule has 0 spiro atoms. The normalized spacial score (nSPS) is 12.1. The number of benzene rings is 5. The van der Waals surface area contributed by atoms with Crippen LogP contribution in [0.2, 0.25) is 20.1 Å². The Morgan fingerprint density at radius 1 is 0.500 bits per heavy atom. The molecule has 0 heterocycles. The first-order valence-corrected chi connectivity index (χ1v) is 21.6. The SMILES string of the molecule is CC(=O)C(N=Nc1cc(C(=O)Nc2ccc(CCCl)cc2)ccc1Cl)C(=O)Nc1ccc(NC(=O)C(N=Nc2cc(C(=O)Nc3ccc(CCCl)cc3)ccc2Cl)C(C)=O)c(Cl)c1Cl. The molecule has 0 saturated heterocycles. The summed E-state index contributed by atoms with van der Waals surface area (Å²) in [5.41, 5.74) is 3.36. The van der Waals surface area contributed by atoms with E-state index >= 15 is 0 Å². The van der Waals surface area contributed by atoms with Gasteiger partial charge in [-0.2, -0.15) is 20.5 Å². The number of azo groups is 2. The van der Waals surface area contributed by atoms with E-state index in [0.29, 0.717) is 36.0 Å². The molecule has 2 atom stereocenters. The summed E-state index contributed by atoms with van der Waals surface area (Å²) in [5, 5.41) is 26.0. The lowest BCUT2D eigenvalue weighted by molar-refractivity contribution is -0.127. The first-order chi connectivity index (χ1) is 30.6. The highest BCUT2D eigenvalue weighted by Crippen LogP contribution is 2.37. The van der Waals surface area contributed by atoms with E-state index in [2.05, 4.69) is 41.7 Å². The van der Waals surface area contributed by atoms with Crippen LogP contribution in [-0.4, -0.2) is 59.0 Å². The average Bonchev–Trinajstić information content (AvgIpc) is 3.26. The van der Waals surface area contributed by atoms with Crippen molar-refractivity contribution in [3.8, 4) is 0 Å². The number of aryl methyl sites for hydroxylation is 2. The van der Waals surface area contributed by atoms with Gasteiger partial charge in [0.25, 0.3) is 23.6 Å². The van der Waals surface area contributed by atoms with Gasteiger partial charge in [-0.3, -0.25) is 28.8 Å². The summed E-state index contributed by atoms with van der Waals surface area (Å²) in [6.45, 7) is 2.24. The molecule has 0 aliphatic rings. The van der Waals surface area contributed by atoms with E-state index in [1.54, 1.807) is 24.3 Å². The van der Waals surface area contributed by atoms with E-state index in [4.69, 9.17) is 69.6 Å². The largest absolute Gasteiger partial charge is 0.322 e. The fourth-order valence-corrected chi connectivity index (χ4v) is 6.79. The summed E-state index contributed by atoms with van der Waals surface area (Å²) >= 11 is 37.2. The van der Waals surface area contributed by atoms with Crippen molar-refractivity contribution >= 4 is 139 Å². The average molecular weight is 986 g/mol. The van der Waals surface area contributed by atoms with E-state index in [1.807, 2.05) is 24.3 Å². The maximum atomic E-state index is 13.3. The number of nitrogens with one attached hydrogen (secondary N) is 4. The van der Waals surface area contributed by atoms with Crippen molar-refractivity contribution < 1.29 is 28.8 Å². The molecule has 20 heteroatoms. The molecule has 5 aromatic rings. The Balaban J connectivity index is 1.24. The first-order valence-electron chi connectivity index (χ1n) is 19.0. The second kappa shape index (κ2) is 23.3. The smallest absolute Gasteiger partial charge is 0.258 e. The zero-order valence-corrected chi connectivity index (χ0v) is 38.3. The van der Waals surface area contributed by atoms with Gasteiger partial charge < -0.3 is 21.3 Å². The third kappa shape index (κ3) is 13.4. The van der Waals surface area contributed by atoms with E-state index in [1.165, 1.54) is 48.5 Å². The molecular weight excluding hydrogens is 949 g/mol. The molecule has 4 amide bonds. The van der Waals surface area contributed by atoms with Crippen molar-refractivity contribution in [1.82, 2.24) is 0 Å². The van der Waals surface area contributed by atoms with Crippen LogP contribution < -0.4 is 21.3 Å². The highest BCUT2D eigenvalue weighted by molar-refractivity contribution is 6.46. The fourth-order valence-electron chi connectivity index (χ4n) is 5.62. The van der Waals surface area contributed by atoms with Gasteiger partial charge in [0.15, 0.2) is 11.6 Å². The van der Waals surface area contributed by atoms with Crippen LogP contribution in [0.3, 0.4) is 0 Å². The third-order valence-corrected chi connectivity index (χ3v) is 10.9. The Hall–Kier alpha value is -5.74. The third-order valence-electron chi connectivity index (χ3n) is 9.03. The van der Waals surface area contributed by atoms with Crippen molar-refractivity contribution in [2.75, 3.05) is 33.0 Å². The highest BCUT2D eigenvalue weighted by Gasteiger charge is 2.27. The molecule has 0 bridgehead atoms. The van der Waals surface area contributed by atoms with Gasteiger partial charge >= 0.3 is 0 Å². The Morgan fingerprint density at radius 2 is 0.859 bits per heavy atom. The second-order valence-corrected chi connectivity index (χ2v) is 16.1. The minimum atomic E-state index is -1.68. The lowest BCUT2D eigenvalue weighted by atomic mass is 10.1. The van der Waals surface area contributed by atoms with E-state index in [9.17, 15) is 28.8 Å². The van der Waals surface area contributed by atoms with Gasteiger partial charge in [-0.1, -0.05) is 70.7 Å². The lowest BCUT2D eigenvalue weighted by Crippen LogP contribution is -2.32. The van der Waals surface area contributed by atoms with Crippen molar-refractivity contribution in [3.05, 3.63) is 139 Å². The molecule has 0 radical (unpaired) electrons. The molecule has 0 aromatic heterocycles. The molecule has 330 valence electrons. The molecule has 4 N–H and O–H groups in total. The summed E-state index contributed by atoms with van der Waals surface area (Å²) in [4.78, 5) is 77.8. The Kier molecular flexibility index (Phi) is 17.9. The van der Waals surface area contributed by atoms with Gasteiger partial charge in [0.1, 0.15) is 11.4 Å². The van der Waals surface area contributed by atoms with E-state index < -0.39 is 47.3 Å². The van der Waals surface area contributed by atoms with Crippen LogP contribution in [0, 0.1) is 0 Å². The van der Waals surface area contributed by atoms with Gasteiger partial charge in [-0.25, -0.2) is 0 Å². The van der Waals surface area contributed by atoms with E-state index in [-0.39, 0.29) is 54.0 Å². The number of nitrogens with zero attached hydrogens (tertiary/aromatic N) is 4. The van der Waals surface area contributed by atoms with Gasteiger partial charge in [0.05, 0.1) is 31.5 Å². The summed E-state index contributed by atoms with van der Waals surface area (Å²) < 4.78 is 0. The second-order valence-electron chi connectivity index (χ2n) is 13.7. The zero-order chi connectivity index (χ0) is 46.5. The minimum absolute atomic E-state index is 0.0100. The number of alkyl halides is 2. The maximum Gasteiger partial charge on any atom is 0.258 e. The standard InChI is InChI=1S/C44H36Cl6N8O6/c1-23(59)39(57-55-35-21-27(7-13-31(35)47)41(61)51-29-9-3-25(4-10-29)17-19-45)43(63)53-33-15-16-34(38(50)37(33)49)54-44(64)40(24(2)60)58-56-36-22-28(8-14-32(36)48)42(62)52-30-11-5-26(6-12-30)18-20-46/h3-16,21-22,39-40H,17-20H2,1-2H3,(H,51,61)(H,52,62)(H,53,63)(H,54,64). The number of amides is 4. The molecule has 5 rings (SSSR count). The quantitative estimate of drug-likeness (QED) is 0.0382. The molecule has 2 unspecified atom stereocenters. The fraction of sp³-hybridized carbons (Fsp3) is 0.182. The van der Waals surface area contributed by atoms with Gasteiger partial charge in [0, 0.05) is 34.3 Å². The number of Topliss-reactive ketones (excluding diaryl/α,β-unsaturated/α-hetero) is 2. The predicted molar refractivity (Wildman–Crippen MR) is 252 cm³/mol. The molecule has 14 nitrogen and oxygen atoms in total. The molecule has 64 heavy (non-hydrogen) atoms. The highest BCUT2D eigenvalue weighted by atomic mass is 35.5. The Morgan fingerprint density at radius 3 is 1.19 bits per heavy atom. The Labute approximate surface area is 397 Å². The van der Waals surface area contributed by atoms with Crippen LogP contribution in [0.25, 0.3) is 0 Å². The molecule has 0 aliphatic carbocycles. The van der Waals surface area contributed by atoms with Crippen LogP contribution in [0.5, 0.6) is 0 Å². The molecule has 0 fully saturated rings. The predicted octanol–water partition coefficient (Wildman–Crippen LogP) is 11.7. The number of ketones is 2. The van der Waals surface area contributed by atoms with Gasteiger partial charge in [-0.05, 0) is 111 Å². The van der Waals surface area contributed by atoms with Crippen LogP contribution in [0.15, 0.2) is 118 Å². The van der Waals surface area contributed by atoms with Crippen LogP contribution in [-0.2, 0) is 32.0 Å². The van der Waals surface area contributed by atoms with Gasteiger partial charge in [0.2, 0.25) is 12.1 Å². The topological polar surface area (TPSA) is 200 Å². The number of carbonyl (C=O) groups is 6. The lowest BCUT2D eigenvalue weighted by Gasteiger charge is -2.15. The maximum absolute atomic E-state index is 13.3. The zero-order valence-electron chi connectivity index (χ0n) is 33.7. The number of carbonyl (C=O) groups excluding carboxylic acids is 6. The monoisotopic (exact) mass is 982 g/mol. The summed E-state index contributed by atoms with van der Waals surface area (Å²) in [6, 6.07) is 22.0. The molecule has 5 aromatic carbocycles. The minimum Gasteiger partial charge on any atom is -0.322 e. The molecular formula is C44H36Cl6N8O6. The van der Waals surface area contributed by atoms with Crippen molar-refractivity contribution in [2.24, 2.45) is 20.5 Å². The van der Waals surface area contributed by atoms with Crippen molar-refractivity contribution in [2.45, 2.75) is 38.8 Å². The number of anilines is 4. The van der Waals surface area contributed by atoms with Crippen LogP contribution in [0.4, 0.5) is 34.1 Å². The van der Waals surface area contributed by atoms with E-state index in [0.717, 1.165) is 25.0 Å². The van der Waals surface area contributed by atoms with Gasteiger partial charge in [-0.15, -0.1) is 23.2 Å². The van der Waals surface area contributed by atoms with Crippen molar-refractivity contribution in [1.29, 1.82) is 0 Å². The molecule has 0 aliphatic heterocycles. The van der Waals surface area contributed by atoms with Crippen LogP contribution >= 0.6 is 69.6 Å².